The van der Waals surface area contributed by atoms with Gasteiger partial charge in [0.1, 0.15) is 0 Å². The van der Waals surface area contributed by atoms with Crippen molar-refractivity contribution in [3.05, 3.63) is 34.9 Å². The number of hydrogen-bond acceptors (Lipinski definition) is 3. The van der Waals surface area contributed by atoms with E-state index in [-0.39, 0.29) is 24.4 Å². The predicted molar refractivity (Wildman–Crippen MR) is 101 cm³/mol. The lowest BCUT2D eigenvalue weighted by molar-refractivity contribution is -0.122. The molecule has 0 spiro atoms. The molecule has 2 atom stereocenters. The third-order valence-electron chi connectivity index (χ3n) is 4.71. The second-order valence-electron chi connectivity index (χ2n) is 6.35. The van der Waals surface area contributed by atoms with Gasteiger partial charge in [0.05, 0.1) is 6.10 Å². The molecule has 2 unspecified atom stereocenters. The Balaban J connectivity index is 0.00000288. The number of carbonyl (C=O) groups is 1. The summed E-state index contributed by atoms with van der Waals surface area (Å²) in [5, 5.41) is 7.07. The van der Waals surface area contributed by atoms with Crippen molar-refractivity contribution in [2.45, 2.75) is 32.3 Å². The molecule has 0 radical (unpaired) electrons. The lowest BCUT2D eigenvalue weighted by Gasteiger charge is -2.28. The van der Waals surface area contributed by atoms with Crippen LogP contribution in [0.4, 0.5) is 0 Å². The number of methoxy groups -OCH3 is 1. The number of hydrogen-bond donors (Lipinski definition) is 2. The molecular formula is C18H28Cl2N2O2. The van der Waals surface area contributed by atoms with Crippen LogP contribution in [0, 0.1) is 11.8 Å². The summed E-state index contributed by atoms with van der Waals surface area (Å²) >= 11 is 5.90. The highest BCUT2D eigenvalue weighted by Crippen LogP contribution is 2.24. The van der Waals surface area contributed by atoms with Crippen LogP contribution in [0.3, 0.4) is 0 Å². The predicted octanol–water partition coefficient (Wildman–Crippen LogP) is 3.59. The van der Waals surface area contributed by atoms with Gasteiger partial charge in [0.15, 0.2) is 0 Å². The van der Waals surface area contributed by atoms with E-state index in [9.17, 15) is 4.79 Å². The Bertz CT molecular complexity index is 490. The Labute approximate surface area is 156 Å². The highest BCUT2D eigenvalue weighted by atomic mass is 35.5. The summed E-state index contributed by atoms with van der Waals surface area (Å²) in [7, 11) is 1.66. The summed E-state index contributed by atoms with van der Waals surface area (Å²) in [6.45, 7) is 4.80. The van der Waals surface area contributed by atoms with Crippen molar-refractivity contribution in [1.82, 2.24) is 10.6 Å². The first-order valence-corrected chi connectivity index (χ1v) is 8.73. The first-order valence-electron chi connectivity index (χ1n) is 8.35. The van der Waals surface area contributed by atoms with Crippen LogP contribution in [0.25, 0.3) is 0 Å². The Morgan fingerprint density at radius 3 is 2.54 bits per heavy atom. The Hall–Kier alpha value is -0.810. The second kappa shape index (κ2) is 10.9. The van der Waals surface area contributed by atoms with Gasteiger partial charge in [0.2, 0.25) is 5.91 Å². The number of ether oxygens (including phenoxy) is 1. The molecule has 2 rings (SSSR count). The standard InChI is InChI=1S/C18H27ClN2O2.ClH/c1-13(14-7-9-20-10-8-14)11-18(22)21-12-17(23-2)15-3-5-16(19)6-4-15;/h3-6,13-14,17,20H,7-12H2,1-2H3,(H,21,22);1H. The van der Waals surface area contributed by atoms with Gasteiger partial charge in [-0.05, 0) is 55.5 Å². The smallest absolute Gasteiger partial charge is 0.220 e. The molecule has 1 heterocycles. The maximum atomic E-state index is 12.2. The first-order chi connectivity index (χ1) is 11.1. The third kappa shape index (κ3) is 6.60. The molecule has 2 N–H and O–H groups in total. The number of benzene rings is 1. The molecule has 1 aliphatic heterocycles. The number of nitrogens with one attached hydrogen (secondary N) is 2. The molecule has 1 aliphatic rings. The molecule has 1 aromatic carbocycles. The highest BCUT2D eigenvalue weighted by Gasteiger charge is 2.22. The molecule has 4 nitrogen and oxygen atoms in total. The van der Waals surface area contributed by atoms with Gasteiger partial charge in [-0.3, -0.25) is 4.79 Å². The van der Waals surface area contributed by atoms with E-state index >= 15 is 0 Å². The molecule has 0 saturated carbocycles. The summed E-state index contributed by atoms with van der Waals surface area (Å²) in [6, 6.07) is 7.54. The molecule has 0 aromatic heterocycles. The van der Waals surface area contributed by atoms with Crippen LogP contribution in [0.5, 0.6) is 0 Å². The van der Waals surface area contributed by atoms with Gasteiger partial charge in [-0.25, -0.2) is 0 Å². The maximum absolute atomic E-state index is 12.2. The van der Waals surface area contributed by atoms with E-state index < -0.39 is 0 Å². The third-order valence-corrected chi connectivity index (χ3v) is 4.96. The normalized spacial score (nSPS) is 17.6. The SMILES string of the molecule is COC(CNC(=O)CC(C)C1CCNCC1)c1ccc(Cl)cc1.Cl. The largest absolute Gasteiger partial charge is 0.375 e. The van der Waals surface area contributed by atoms with Crippen molar-refractivity contribution in [2.24, 2.45) is 11.8 Å². The van der Waals surface area contributed by atoms with E-state index in [0.29, 0.717) is 29.8 Å². The van der Waals surface area contributed by atoms with Crippen molar-refractivity contribution in [2.75, 3.05) is 26.7 Å². The molecule has 1 fully saturated rings. The maximum Gasteiger partial charge on any atom is 0.220 e. The van der Waals surface area contributed by atoms with Crippen molar-refractivity contribution in [1.29, 1.82) is 0 Å². The second-order valence-corrected chi connectivity index (χ2v) is 6.79. The van der Waals surface area contributed by atoms with Crippen molar-refractivity contribution in [3.8, 4) is 0 Å². The minimum Gasteiger partial charge on any atom is -0.375 e. The number of halogens is 2. The fourth-order valence-corrected chi connectivity index (χ4v) is 3.29. The summed E-state index contributed by atoms with van der Waals surface area (Å²) < 4.78 is 5.48. The number of amides is 1. The molecule has 136 valence electrons. The lowest BCUT2D eigenvalue weighted by atomic mass is 9.84. The zero-order chi connectivity index (χ0) is 16.7. The minimum atomic E-state index is -0.148. The summed E-state index contributed by atoms with van der Waals surface area (Å²) in [4.78, 5) is 12.2. The topological polar surface area (TPSA) is 50.4 Å². The first kappa shape index (κ1) is 21.2. The Morgan fingerprint density at radius 2 is 1.96 bits per heavy atom. The molecule has 24 heavy (non-hydrogen) atoms. The molecular weight excluding hydrogens is 347 g/mol. The summed E-state index contributed by atoms with van der Waals surface area (Å²) in [5.74, 6) is 1.18. The molecule has 1 amide bonds. The fraction of sp³-hybridized carbons (Fsp3) is 0.611. The Kier molecular flexibility index (Phi) is 9.67. The van der Waals surface area contributed by atoms with E-state index in [4.69, 9.17) is 16.3 Å². The van der Waals surface area contributed by atoms with E-state index in [2.05, 4.69) is 17.6 Å². The average molecular weight is 375 g/mol. The quantitative estimate of drug-likeness (QED) is 0.766. The van der Waals surface area contributed by atoms with Crippen LogP contribution in [0.2, 0.25) is 5.02 Å². The van der Waals surface area contributed by atoms with Crippen molar-refractivity contribution < 1.29 is 9.53 Å². The van der Waals surface area contributed by atoms with Crippen LogP contribution < -0.4 is 10.6 Å². The fourth-order valence-electron chi connectivity index (χ4n) is 3.17. The van der Waals surface area contributed by atoms with Gasteiger partial charge < -0.3 is 15.4 Å². The number of rotatable bonds is 7. The van der Waals surface area contributed by atoms with Gasteiger partial charge in [0, 0.05) is 25.1 Å². The number of piperidine rings is 1. The zero-order valence-corrected chi connectivity index (χ0v) is 16.0. The molecule has 1 saturated heterocycles. The van der Waals surface area contributed by atoms with Crippen LogP contribution in [0.15, 0.2) is 24.3 Å². The summed E-state index contributed by atoms with van der Waals surface area (Å²) in [6.07, 6.45) is 2.77. The van der Waals surface area contributed by atoms with E-state index in [1.165, 1.54) is 12.8 Å². The van der Waals surface area contributed by atoms with Crippen LogP contribution in [-0.4, -0.2) is 32.7 Å². The zero-order valence-electron chi connectivity index (χ0n) is 14.4. The molecule has 1 aromatic rings. The van der Waals surface area contributed by atoms with E-state index in [0.717, 1.165) is 18.7 Å². The number of carbonyl (C=O) groups excluding carboxylic acids is 1. The molecule has 0 aliphatic carbocycles. The Morgan fingerprint density at radius 1 is 1.33 bits per heavy atom. The van der Waals surface area contributed by atoms with Crippen molar-refractivity contribution >= 4 is 29.9 Å². The lowest BCUT2D eigenvalue weighted by Crippen LogP contribution is -2.34. The molecule has 6 heteroatoms. The monoisotopic (exact) mass is 374 g/mol. The minimum absolute atomic E-state index is 0. The van der Waals surface area contributed by atoms with Gasteiger partial charge >= 0.3 is 0 Å². The van der Waals surface area contributed by atoms with Gasteiger partial charge in [-0.1, -0.05) is 30.7 Å². The van der Waals surface area contributed by atoms with E-state index in [1.54, 1.807) is 7.11 Å². The van der Waals surface area contributed by atoms with Crippen molar-refractivity contribution in [3.63, 3.8) is 0 Å². The van der Waals surface area contributed by atoms with Gasteiger partial charge in [-0.2, -0.15) is 0 Å². The van der Waals surface area contributed by atoms with Crippen LogP contribution in [-0.2, 0) is 9.53 Å². The van der Waals surface area contributed by atoms with E-state index in [1.807, 2.05) is 24.3 Å². The summed E-state index contributed by atoms with van der Waals surface area (Å²) in [5.41, 5.74) is 1.02. The molecule has 0 bridgehead atoms. The van der Waals surface area contributed by atoms with Crippen LogP contribution >= 0.6 is 24.0 Å². The van der Waals surface area contributed by atoms with Gasteiger partial charge in [0.25, 0.3) is 0 Å². The van der Waals surface area contributed by atoms with Crippen LogP contribution in [0.1, 0.15) is 37.9 Å². The van der Waals surface area contributed by atoms with Gasteiger partial charge in [-0.15, -0.1) is 12.4 Å². The highest BCUT2D eigenvalue weighted by molar-refractivity contribution is 6.30. The average Bonchev–Trinajstić information content (AvgIpc) is 2.57.